The largest absolute Gasteiger partial charge is 0.497 e. The number of amides is 1. The van der Waals surface area contributed by atoms with Gasteiger partial charge in [-0.1, -0.05) is 24.2 Å². The molecule has 0 N–H and O–H groups in total. The van der Waals surface area contributed by atoms with Gasteiger partial charge in [-0.3, -0.25) is 4.79 Å². The second kappa shape index (κ2) is 7.47. The van der Waals surface area contributed by atoms with Gasteiger partial charge < -0.3 is 14.2 Å². The van der Waals surface area contributed by atoms with E-state index in [4.69, 9.17) is 9.26 Å². The van der Waals surface area contributed by atoms with Crippen molar-refractivity contribution in [1.82, 2.24) is 15.0 Å². The van der Waals surface area contributed by atoms with Crippen molar-refractivity contribution in [2.75, 3.05) is 13.7 Å². The predicted molar refractivity (Wildman–Crippen MR) is 89.5 cm³/mol. The zero-order chi connectivity index (χ0) is 16.9. The number of benzene rings is 1. The summed E-state index contributed by atoms with van der Waals surface area (Å²) in [7, 11) is 1.63. The molecule has 1 aromatic carbocycles. The molecule has 0 aliphatic carbocycles. The van der Waals surface area contributed by atoms with Gasteiger partial charge in [0.15, 0.2) is 0 Å². The molecule has 0 spiro atoms. The Morgan fingerprint density at radius 2 is 2.29 bits per heavy atom. The first kappa shape index (κ1) is 16.5. The Bertz CT molecular complexity index is 698. The normalized spacial score (nSPS) is 17.8. The molecular weight excluding hydrogens is 306 g/mol. The highest BCUT2D eigenvalue weighted by molar-refractivity contribution is 5.76. The van der Waals surface area contributed by atoms with Gasteiger partial charge in [-0.2, -0.15) is 4.98 Å². The van der Waals surface area contributed by atoms with Crippen LogP contribution < -0.4 is 4.74 Å². The number of methoxy groups -OCH3 is 1. The fourth-order valence-corrected chi connectivity index (χ4v) is 3.09. The first-order valence-electron chi connectivity index (χ1n) is 8.50. The predicted octanol–water partition coefficient (Wildman–Crippen LogP) is 3.60. The third-order valence-corrected chi connectivity index (χ3v) is 4.34. The van der Waals surface area contributed by atoms with Gasteiger partial charge in [-0.15, -0.1) is 0 Å². The number of hydrogen-bond acceptors (Lipinski definition) is 5. The molecule has 24 heavy (non-hydrogen) atoms. The molecule has 0 saturated carbocycles. The number of hydrogen-bond donors (Lipinski definition) is 0. The van der Waals surface area contributed by atoms with E-state index in [9.17, 15) is 4.79 Å². The Morgan fingerprint density at radius 3 is 3.08 bits per heavy atom. The lowest BCUT2D eigenvalue weighted by Gasteiger charge is -2.33. The van der Waals surface area contributed by atoms with Gasteiger partial charge in [0.05, 0.1) is 7.11 Å². The summed E-state index contributed by atoms with van der Waals surface area (Å²) in [6, 6.07) is 7.44. The lowest BCUT2D eigenvalue weighted by molar-refractivity contribution is -0.135. The van der Waals surface area contributed by atoms with Gasteiger partial charge in [0.25, 0.3) is 0 Å². The van der Waals surface area contributed by atoms with E-state index in [0.29, 0.717) is 18.1 Å². The number of aromatic nitrogens is 2. The average Bonchev–Trinajstić information content (AvgIpc) is 3.12. The third kappa shape index (κ3) is 3.42. The van der Waals surface area contributed by atoms with Gasteiger partial charge in [0.2, 0.25) is 17.6 Å². The lowest BCUT2D eigenvalue weighted by atomic mass is 10.0. The number of nitrogens with zero attached hydrogens (tertiary/aromatic N) is 3. The van der Waals surface area contributed by atoms with E-state index < -0.39 is 0 Å². The van der Waals surface area contributed by atoms with Crippen LogP contribution in [-0.4, -0.2) is 34.6 Å². The van der Waals surface area contributed by atoms with Crippen molar-refractivity contribution in [3.63, 3.8) is 0 Å². The van der Waals surface area contributed by atoms with Gasteiger partial charge in [0.1, 0.15) is 11.8 Å². The fraction of sp³-hybridized carbons (Fsp3) is 0.500. The van der Waals surface area contributed by atoms with Crippen molar-refractivity contribution in [2.24, 2.45) is 0 Å². The van der Waals surface area contributed by atoms with E-state index >= 15 is 0 Å². The van der Waals surface area contributed by atoms with Crippen molar-refractivity contribution >= 4 is 5.91 Å². The Hall–Kier alpha value is -2.37. The molecule has 1 atom stereocenters. The number of carbonyl (C=O) groups is 1. The molecule has 3 rings (SSSR count). The summed E-state index contributed by atoms with van der Waals surface area (Å²) in [6.45, 7) is 2.78. The zero-order valence-electron chi connectivity index (χ0n) is 14.2. The molecule has 0 radical (unpaired) electrons. The Kier molecular flexibility index (Phi) is 5.13. The van der Waals surface area contributed by atoms with Crippen LogP contribution in [0.5, 0.6) is 5.75 Å². The first-order chi connectivity index (χ1) is 11.7. The maximum Gasteiger partial charge on any atom is 0.249 e. The minimum absolute atomic E-state index is 0.107. The smallest absolute Gasteiger partial charge is 0.249 e. The zero-order valence-corrected chi connectivity index (χ0v) is 14.2. The van der Waals surface area contributed by atoms with Crippen molar-refractivity contribution in [3.05, 3.63) is 30.2 Å². The molecule has 0 unspecified atom stereocenters. The highest BCUT2D eigenvalue weighted by atomic mass is 16.5. The fourth-order valence-electron chi connectivity index (χ4n) is 3.09. The third-order valence-electron chi connectivity index (χ3n) is 4.34. The van der Waals surface area contributed by atoms with Crippen molar-refractivity contribution in [2.45, 2.75) is 45.1 Å². The van der Waals surface area contributed by atoms with E-state index in [0.717, 1.165) is 43.5 Å². The van der Waals surface area contributed by atoms with Crippen LogP contribution in [0.2, 0.25) is 0 Å². The molecule has 128 valence electrons. The van der Waals surface area contributed by atoms with Crippen LogP contribution in [0.3, 0.4) is 0 Å². The summed E-state index contributed by atoms with van der Waals surface area (Å²) in [5.41, 5.74) is 0.839. The Morgan fingerprint density at radius 1 is 1.42 bits per heavy atom. The Labute approximate surface area is 141 Å². The molecule has 1 saturated heterocycles. The number of ether oxygens (including phenoxy) is 1. The molecular formula is C18H23N3O3. The van der Waals surface area contributed by atoms with E-state index in [1.807, 2.05) is 36.1 Å². The van der Waals surface area contributed by atoms with E-state index in [-0.39, 0.29) is 11.9 Å². The van der Waals surface area contributed by atoms with Gasteiger partial charge in [-0.25, -0.2) is 0 Å². The number of piperidine rings is 1. The van der Waals surface area contributed by atoms with Crippen molar-refractivity contribution in [3.8, 4) is 17.1 Å². The second-order valence-electron chi connectivity index (χ2n) is 6.04. The summed E-state index contributed by atoms with van der Waals surface area (Å²) in [5.74, 6) is 1.97. The summed E-state index contributed by atoms with van der Waals surface area (Å²) < 4.78 is 10.7. The summed E-state index contributed by atoms with van der Waals surface area (Å²) in [6.07, 6.45) is 4.38. The topological polar surface area (TPSA) is 68.5 Å². The molecule has 1 fully saturated rings. The molecule has 1 aromatic heterocycles. The van der Waals surface area contributed by atoms with Crippen LogP contribution in [0.1, 0.15) is 51.0 Å². The van der Waals surface area contributed by atoms with Crippen LogP contribution in [0, 0.1) is 0 Å². The number of likely N-dealkylation sites (tertiary alicyclic amines) is 1. The molecule has 1 aliphatic heterocycles. The molecule has 1 aliphatic rings. The van der Waals surface area contributed by atoms with E-state index in [1.165, 1.54) is 0 Å². The standard InChI is InChI=1S/C18H23N3O3/c1-3-7-16(22)21-11-5-4-10-15(21)18-19-17(20-24-18)13-8-6-9-14(12-13)23-2/h6,8-9,12,15H,3-5,7,10-11H2,1-2H3/t15-/m0/s1. The molecule has 2 aromatic rings. The van der Waals surface area contributed by atoms with Crippen LogP contribution in [0.4, 0.5) is 0 Å². The second-order valence-corrected chi connectivity index (χ2v) is 6.04. The van der Waals surface area contributed by atoms with Crippen molar-refractivity contribution < 1.29 is 14.1 Å². The lowest BCUT2D eigenvalue weighted by Crippen LogP contribution is -2.38. The van der Waals surface area contributed by atoms with E-state index in [2.05, 4.69) is 10.1 Å². The molecule has 1 amide bonds. The molecule has 6 nitrogen and oxygen atoms in total. The van der Waals surface area contributed by atoms with Crippen LogP contribution in [0.15, 0.2) is 28.8 Å². The Balaban J connectivity index is 1.83. The average molecular weight is 329 g/mol. The number of rotatable bonds is 5. The molecule has 6 heteroatoms. The van der Waals surface area contributed by atoms with Crippen LogP contribution in [-0.2, 0) is 4.79 Å². The molecule has 0 bridgehead atoms. The van der Waals surface area contributed by atoms with Crippen LogP contribution in [0.25, 0.3) is 11.4 Å². The van der Waals surface area contributed by atoms with E-state index in [1.54, 1.807) is 7.11 Å². The minimum atomic E-state index is -0.107. The summed E-state index contributed by atoms with van der Waals surface area (Å²) >= 11 is 0. The van der Waals surface area contributed by atoms with Gasteiger partial charge in [-0.05, 0) is 37.8 Å². The van der Waals surface area contributed by atoms with Crippen LogP contribution >= 0.6 is 0 Å². The van der Waals surface area contributed by atoms with Crippen molar-refractivity contribution in [1.29, 1.82) is 0 Å². The highest BCUT2D eigenvalue weighted by Gasteiger charge is 2.31. The SMILES string of the molecule is CCCC(=O)N1CCCC[C@H]1c1nc(-c2cccc(OC)c2)no1. The monoisotopic (exact) mass is 329 g/mol. The minimum Gasteiger partial charge on any atom is -0.497 e. The highest BCUT2D eigenvalue weighted by Crippen LogP contribution is 2.32. The molecule has 2 heterocycles. The summed E-state index contributed by atoms with van der Waals surface area (Å²) in [5, 5.41) is 4.10. The maximum atomic E-state index is 12.4. The maximum absolute atomic E-state index is 12.4. The first-order valence-corrected chi connectivity index (χ1v) is 8.50. The van der Waals surface area contributed by atoms with Gasteiger partial charge in [0, 0.05) is 18.5 Å². The quantitative estimate of drug-likeness (QED) is 0.838. The number of carbonyl (C=O) groups excluding carboxylic acids is 1. The van der Waals surface area contributed by atoms with Gasteiger partial charge >= 0.3 is 0 Å². The summed E-state index contributed by atoms with van der Waals surface area (Å²) in [4.78, 5) is 18.8.